The molecule has 1 heterocycles. The highest BCUT2D eigenvalue weighted by molar-refractivity contribution is 9.10. The predicted molar refractivity (Wildman–Crippen MR) is 105 cm³/mol. The number of hydrogen-bond acceptors (Lipinski definition) is 3. The summed E-state index contributed by atoms with van der Waals surface area (Å²) in [6, 6.07) is 14.9. The zero-order valence-corrected chi connectivity index (χ0v) is 15.6. The van der Waals surface area contributed by atoms with Gasteiger partial charge in [-0.2, -0.15) is 0 Å². The third kappa shape index (κ3) is 4.04. The zero-order chi connectivity index (χ0) is 17.8. The number of fused-ring (bicyclic) bond motifs is 1. The molecule has 1 aromatic heterocycles. The van der Waals surface area contributed by atoms with Crippen molar-refractivity contribution in [3.8, 4) is 11.3 Å². The fraction of sp³-hybridized carbons (Fsp3) is 0.250. The first-order valence-corrected chi connectivity index (χ1v) is 9.22. The molecule has 0 saturated heterocycles. The van der Waals surface area contributed by atoms with Gasteiger partial charge in [0.2, 0.25) is 0 Å². The maximum Gasteiger partial charge on any atom is 0.270 e. The van der Waals surface area contributed by atoms with E-state index < -0.39 is 0 Å². The van der Waals surface area contributed by atoms with Crippen LogP contribution in [0.1, 0.15) is 31.7 Å². The molecule has 128 valence electrons. The van der Waals surface area contributed by atoms with Gasteiger partial charge in [0.05, 0.1) is 16.1 Å². The van der Waals surface area contributed by atoms with E-state index in [0.717, 1.165) is 57.9 Å². The maximum absolute atomic E-state index is 11.1. The first kappa shape index (κ1) is 17.5. The second-order valence-electron chi connectivity index (χ2n) is 6.10. The molecule has 0 N–H and O–H groups in total. The van der Waals surface area contributed by atoms with Gasteiger partial charge in [-0.1, -0.05) is 47.8 Å². The first-order valence-electron chi connectivity index (χ1n) is 8.42. The Morgan fingerprint density at radius 1 is 1.12 bits per heavy atom. The Hall–Kier alpha value is -2.27. The molecule has 0 aliphatic carbocycles. The molecule has 0 amide bonds. The Labute approximate surface area is 155 Å². The monoisotopic (exact) mass is 398 g/mol. The Morgan fingerprint density at radius 2 is 1.96 bits per heavy atom. The number of pyridine rings is 1. The summed E-state index contributed by atoms with van der Waals surface area (Å²) in [6.07, 6.45) is 4.31. The number of hydrogen-bond donors (Lipinski definition) is 0. The van der Waals surface area contributed by atoms with E-state index in [9.17, 15) is 10.1 Å². The van der Waals surface area contributed by atoms with Gasteiger partial charge >= 0.3 is 0 Å². The lowest BCUT2D eigenvalue weighted by atomic mass is 9.98. The number of non-ortho nitro benzene ring substituents is 1. The van der Waals surface area contributed by atoms with Gasteiger partial charge in [0.15, 0.2) is 0 Å². The third-order valence-corrected chi connectivity index (χ3v) is 4.73. The van der Waals surface area contributed by atoms with E-state index in [2.05, 4.69) is 35.0 Å². The summed E-state index contributed by atoms with van der Waals surface area (Å²) < 4.78 is 1.02. The highest BCUT2D eigenvalue weighted by atomic mass is 79.9. The van der Waals surface area contributed by atoms with E-state index in [-0.39, 0.29) is 10.6 Å². The lowest BCUT2D eigenvalue weighted by Crippen LogP contribution is -1.96. The van der Waals surface area contributed by atoms with E-state index in [1.807, 2.05) is 18.2 Å². The summed E-state index contributed by atoms with van der Waals surface area (Å²) in [7, 11) is 0. The van der Waals surface area contributed by atoms with Crippen LogP contribution in [0.3, 0.4) is 0 Å². The molecule has 0 radical (unpaired) electrons. The third-order valence-electron chi connectivity index (χ3n) is 4.24. The van der Waals surface area contributed by atoms with Gasteiger partial charge in [0.1, 0.15) is 0 Å². The van der Waals surface area contributed by atoms with Crippen LogP contribution in [0, 0.1) is 10.1 Å². The SMILES string of the molecule is CCCCCc1cc2cc(Br)ccc2nc1-c1cccc([N+](=O)[O-])c1. The van der Waals surface area contributed by atoms with Gasteiger partial charge in [-0.05, 0) is 42.7 Å². The average molecular weight is 399 g/mol. The van der Waals surface area contributed by atoms with Crippen LogP contribution in [0.2, 0.25) is 0 Å². The smallest absolute Gasteiger partial charge is 0.258 e. The Balaban J connectivity index is 2.13. The number of nitro benzene ring substituents is 1. The van der Waals surface area contributed by atoms with Crippen molar-refractivity contribution in [1.29, 1.82) is 0 Å². The van der Waals surface area contributed by atoms with Crippen LogP contribution in [-0.2, 0) is 6.42 Å². The minimum atomic E-state index is -0.363. The quantitative estimate of drug-likeness (QED) is 0.277. The number of aryl methyl sites for hydroxylation is 1. The van der Waals surface area contributed by atoms with Gasteiger partial charge in [0.25, 0.3) is 5.69 Å². The van der Waals surface area contributed by atoms with Crippen molar-refractivity contribution in [2.24, 2.45) is 0 Å². The van der Waals surface area contributed by atoms with Crippen LogP contribution in [0.5, 0.6) is 0 Å². The molecule has 3 rings (SSSR count). The number of benzene rings is 2. The molecule has 5 heteroatoms. The number of halogens is 1. The van der Waals surface area contributed by atoms with Crippen molar-refractivity contribution < 1.29 is 4.92 Å². The Morgan fingerprint density at radius 3 is 2.72 bits per heavy atom. The summed E-state index contributed by atoms with van der Waals surface area (Å²) in [6.45, 7) is 2.18. The van der Waals surface area contributed by atoms with Crippen molar-refractivity contribution in [2.75, 3.05) is 0 Å². The molecule has 0 aliphatic rings. The normalized spacial score (nSPS) is 11.0. The molecule has 0 unspecified atom stereocenters. The molecule has 0 saturated carbocycles. The zero-order valence-electron chi connectivity index (χ0n) is 14.0. The topological polar surface area (TPSA) is 56.0 Å². The van der Waals surface area contributed by atoms with E-state index in [1.54, 1.807) is 12.1 Å². The van der Waals surface area contributed by atoms with Crippen LogP contribution in [0.4, 0.5) is 5.69 Å². The number of aromatic nitrogens is 1. The van der Waals surface area contributed by atoms with Gasteiger partial charge in [-0.3, -0.25) is 10.1 Å². The van der Waals surface area contributed by atoms with E-state index in [1.165, 1.54) is 6.07 Å². The van der Waals surface area contributed by atoms with Gasteiger partial charge in [-0.25, -0.2) is 4.98 Å². The molecule has 0 fully saturated rings. The number of rotatable bonds is 6. The highest BCUT2D eigenvalue weighted by Gasteiger charge is 2.13. The Bertz CT molecular complexity index is 925. The second-order valence-corrected chi connectivity index (χ2v) is 7.01. The highest BCUT2D eigenvalue weighted by Crippen LogP contribution is 2.30. The van der Waals surface area contributed by atoms with Crippen molar-refractivity contribution in [2.45, 2.75) is 32.6 Å². The lowest BCUT2D eigenvalue weighted by molar-refractivity contribution is -0.384. The van der Waals surface area contributed by atoms with Crippen molar-refractivity contribution in [1.82, 2.24) is 4.98 Å². The minimum Gasteiger partial charge on any atom is -0.258 e. The molecule has 0 atom stereocenters. The maximum atomic E-state index is 11.1. The molecule has 0 aliphatic heterocycles. The first-order chi connectivity index (χ1) is 12.1. The Kier molecular flexibility index (Phi) is 5.43. The van der Waals surface area contributed by atoms with Crippen LogP contribution < -0.4 is 0 Å². The van der Waals surface area contributed by atoms with Crippen LogP contribution >= 0.6 is 15.9 Å². The van der Waals surface area contributed by atoms with Crippen molar-refractivity contribution in [3.63, 3.8) is 0 Å². The predicted octanol–water partition coefficient (Wildman–Crippen LogP) is 6.31. The van der Waals surface area contributed by atoms with E-state index in [4.69, 9.17) is 4.98 Å². The fourth-order valence-corrected chi connectivity index (χ4v) is 3.34. The molecule has 3 aromatic rings. The molecular weight excluding hydrogens is 380 g/mol. The fourth-order valence-electron chi connectivity index (χ4n) is 2.96. The summed E-state index contributed by atoms with van der Waals surface area (Å²) >= 11 is 3.51. The average Bonchev–Trinajstić information content (AvgIpc) is 2.61. The summed E-state index contributed by atoms with van der Waals surface area (Å²) in [5.41, 5.74) is 3.76. The molecule has 0 bridgehead atoms. The molecule has 2 aromatic carbocycles. The molecule has 0 spiro atoms. The largest absolute Gasteiger partial charge is 0.270 e. The summed E-state index contributed by atoms with van der Waals surface area (Å²) in [5, 5.41) is 12.2. The molecule has 4 nitrogen and oxygen atoms in total. The van der Waals surface area contributed by atoms with Gasteiger partial charge in [-0.15, -0.1) is 0 Å². The minimum absolute atomic E-state index is 0.0923. The standard InChI is InChI=1S/C20H19BrN2O2/c1-2-3-4-6-14-11-16-12-17(21)9-10-19(16)22-20(14)15-7-5-8-18(13-15)23(24)25/h5,7-13H,2-4,6H2,1H3. The van der Waals surface area contributed by atoms with Crippen LogP contribution in [0.15, 0.2) is 53.0 Å². The lowest BCUT2D eigenvalue weighted by Gasteiger charge is -2.11. The van der Waals surface area contributed by atoms with E-state index >= 15 is 0 Å². The summed E-state index contributed by atoms with van der Waals surface area (Å²) in [5.74, 6) is 0. The van der Waals surface area contributed by atoms with Crippen molar-refractivity contribution >= 4 is 32.5 Å². The summed E-state index contributed by atoms with van der Waals surface area (Å²) in [4.78, 5) is 15.6. The van der Waals surface area contributed by atoms with Crippen LogP contribution in [0.25, 0.3) is 22.2 Å². The van der Waals surface area contributed by atoms with Crippen LogP contribution in [-0.4, -0.2) is 9.91 Å². The van der Waals surface area contributed by atoms with Crippen molar-refractivity contribution in [3.05, 3.63) is 68.7 Å². The van der Waals surface area contributed by atoms with Gasteiger partial charge < -0.3 is 0 Å². The number of nitro groups is 1. The second kappa shape index (κ2) is 7.74. The molecular formula is C20H19BrN2O2. The number of unbranched alkanes of at least 4 members (excludes halogenated alkanes) is 2. The number of nitrogens with zero attached hydrogens (tertiary/aromatic N) is 2. The van der Waals surface area contributed by atoms with Gasteiger partial charge in [0, 0.05) is 27.6 Å². The molecule has 25 heavy (non-hydrogen) atoms. The van der Waals surface area contributed by atoms with E-state index in [0.29, 0.717) is 0 Å².